The normalized spacial score (nSPS) is 11.9. The Bertz CT molecular complexity index is 179. The van der Waals surface area contributed by atoms with Gasteiger partial charge in [-0.05, 0) is 0 Å². The molecule has 6 heteroatoms. The lowest BCUT2D eigenvalue weighted by atomic mass is 10.5. The Balaban J connectivity index is 2.90. The van der Waals surface area contributed by atoms with Gasteiger partial charge in [-0.25, -0.2) is 0 Å². The predicted octanol–water partition coefficient (Wildman–Crippen LogP) is 1.56. The van der Waals surface area contributed by atoms with Crippen molar-refractivity contribution >= 4 is 11.7 Å². The van der Waals surface area contributed by atoms with Crippen LogP contribution in [0, 0.1) is 0 Å². The van der Waals surface area contributed by atoms with Crippen LogP contribution in [0.1, 0.15) is 5.69 Å². The van der Waals surface area contributed by atoms with Gasteiger partial charge in [-0.1, -0.05) is 0 Å². The Labute approximate surface area is 52.7 Å². The molecule has 0 aliphatic rings. The third kappa shape index (κ3) is 1.38. The van der Waals surface area contributed by atoms with E-state index in [9.17, 15) is 13.2 Å². The Morgan fingerprint density at radius 2 is 2.11 bits per heavy atom. The van der Waals surface area contributed by atoms with Crippen LogP contribution < -0.4 is 0 Å². The summed E-state index contributed by atoms with van der Waals surface area (Å²) in [4.78, 5) is 0. The molecular weight excluding hydrogens is 153 g/mol. The van der Waals surface area contributed by atoms with Crippen LogP contribution in [0.3, 0.4) is 0 Å². The monoisotopic (exact) mass is 154 g/mol. The van der Waals surface area contributed by atoms with Crippen molar-refractivity contribution < 1.29 is 13.2 Å². The first-order chi connectivity index (χ1) is 4.11. The fraction of sp³-hybridized carbons (Fsp3) is 0.333. The Morgan fingerprint density at radius 1 is 1.44 bits per heavy atom. The zero-order chi connectivity index (χ0) is 6.91. The second-order valence-electron chi connectivity index (χ2n) is 1.29. The maximum Gasteiger partial charge on any atom is 0.436 e. The minimum atomic E-state index is -4.34. The molecule has 0 unspecified atom stereocenters. The molecule has 1 aromatic rings. The molecule has 1 rings (SSSR count). The van der Waals surface area contributed by atoms with Gasteiger partial charge in [-0.3, -0.25) is 0 Å². The molecule has 0 bridgehead atoms. The average molecular weight is 154 g/mol. The van der Waals surface area contributed by atoms with Crippen LogP contribution in [0.15, 0.2) is 6.20 Å². The van der Waals surface area contributed by atoms with Crippen molar-refractivity contribution in [3.8, 4) is 0 Å². The van der Waals surface area contributed by atoms with Gasteiger partial charge >= 0.3 is 6.18 Å². The van der Waals surface area contributed by atoms with Crippen LogP contribution >= 0.6 is 11.7 Å². The summed E-state index contributed by atoms with van der Waals surface area (Å²) < 4.78 is 40.8. The molecule has 0 atom stereocenters. The summed E-state index contributed by atoms with van der Waals surface area (Å²) in [6.45, 7) is 0. The van der Waals surface area contributed by atoms with Crippen molar-refractivity contribution in [3.05, 3.63) is 11.9 Å². The minimum Gasteiger partial charge on any atom is -0.181 e. The van der Waals surface area contributed by atoms with Crippen molar-refractivity contribution in [2.75, 3.05) is 0 Å². The van der Waals surface area contributed by atoms with E-state index in [2.05, 4.69) is 8.75 Å². The highest BCUT2D eigenvalue weighted by molar-refractivity contribution is 6.99. The number of aromatic nitrogens is 2. The molecule has 0 saturated heterocycles. The lowest BCUT2D eigenvalue weighted by Gasteiger charge is -1.97. The van der Waals surface area contributed by atoms with Gasteiger partial charge in [0.05, 0.1) is 17.9 Å². The maximum atomic E-state index is 11.5. The molecule has 50 valence electrons. The summed E-state index contributed by atoms with van der Waals surface area (Å²) in [5.74, 6) is 0. The standard InChI is InChI=1S/C3HF3N2S/c4-3(5,6)2-1-7-9-8-2/h1H. The lowest BCUT2D eigenvalue weighted by Crippen LogP contribution is -2.04. The molecule has 0 N–H and O–H groups in total. The highest BCUT2D eigenvalue weighted by atomic mass is 32.1. The SMILES string of the molecule is FC(F)(F)c1cnsn1. The molecule has 0 aliphatic heterocycles. The minimum absolute atomic E-state index is 0.546. The van der Waals surface area contributed by atoms with E-state index >= 15 is 0 Å². The number of alkyl halides is 3. The largest absolute Gasteiger partial charge is 0.436 e. The van der Waals surface area contributed by atoms with E-state index in [1.807, 2.05) is 0 Å². The zero-order valence-electron chi connectivity index (χ0n) is 4.01. The number of hydrogen-bond acceptors (Lipinski definition) is 3. The van der Waals surface area contributed by atoms with E-state index in [1.165, 1.54) is 0 Å². The van der Waals surface area contributed by atoms with Gasteiger partial charge in [0.25, 0.3) is 0 Å². The molecule has 0 aliphatic carbocycles. The molecule has 9 heavy (non-hydrogen) atoms. The number of hydrogen-bond donors (Lipinski definition) is 0. The summed E-state index contributed by atoms with van der Waals surface area (Å²) in [6, 6.07) is 0. The predicted molar refractivity (Wildman–Crippen MR) is 24.9 cm³/mol. The van der Waals surface area contributed by atoms with Crippen molar-refractivity contribution in [3.63, 3.8) is 0 Å². The van der Waals surface area contributed by atoms with Crippen molar-refractivity contribution in [2.45, 2.75) is 6.18 Å². The van der Waals surface area contributed by atoms with Crippen molar-refractivity contribution in [1.82, 2.24) is 8.75 Å². The van der Waals surface area contributed by atoms with Crippen LogP contribution in [0.5, 0.6) is 0 Å². The molecule has 1 heterocycles. The third-order valence-electron chi connectivity index (χ3n) is 0.652. The molecule has 1 aromatic heterocycles. The van der Waals surface area contributed by atoms with Crippen LogP contribution in [-0.4, -0.2) is 8.75 Å². The molecule has 0 radical (unpaired) electrons. The van der Waals surface area contributed by atoms with Gasteiger partial charge in [0.2, 0.25) is 0 Å². The summed E-state index contributed by atoms with van der Waals surface area (Å²) >= 11 is 0.546. The van der Waals surface area contributed by atoms with Gasteiger partial charge < -0.3 is 0 Å². The fourth-order valence-corrected chi connectivity index (χ4v) is 0.722. The zero-order valence-corrected chi connectivity index (χ0v) is 4.83. The van der Waals surface area contributed by atoms with Crippen LogP contribution in [0.2, 0.25) is 0 Å². The Hall–Kier alpha value is -0.650. The van der Waals surface area contributed by atoms with E-state index in [0.717, 1.165) is 0 Å². The van der Waals surface area contributed by atoms with E-state index in [-0.39, 0.29) is 0 Å². The fourth-order valence-electron chi connectivity index (χ4n) is 0.290. The molecule has 0 fully saturated rings. The second kappa shape index (κ2) is 1.94. The Kier molecular flexibility index (Phi) is 1.40. The average Bonchev–Trinajstić information content (AvgIpc) is 2.08. The molecule has 0 amide bonds. The number of rotatable bonds is 0. The van der Waals surface area contributed by atoms with Gasteiger partial charge in [-0.2, -0.15) is 21.9 Å². The topological polar surface area (TPSA) is 25.8 Å². The quantitative estimate of drug-likeness (QED) is 0.566. The van der Waals surface area contributed by atoms with E-state index in [1.54, 1.807) is 0 Å². The number of halogens is 3. The first kappa shape index (κ1) is 6.47. The number of nitrogens with zero attached hydrogens (tertiary/aromatic N) is 2. The smallest absolute Gasteiger partial charge is 0.181 e. The van der Waals surface area contributed by atoms with Gasteiger partial charge in [0, 0.05) is 0 Å². The van der Waals surface area contributed by atoms with Crippen LogP contribution in [0.25, 0.3) is 0 Å². The summed E-state index contributed by atoms with van der Waals surface area (Å²) in [6.07, 6.45) is -3.64. The van der Waals surface area contributed by atoms with Gasteiger partial charge in [0.1, 0.15) is 0 Å². The van der Waals surface area contributed by atoms with Crippen LogP contribution in [-0.2, 0) is 6.18 Å². The molecule has 0 saturated carbocycles. The third-order valence-corrected chi connectivity index (χ3v) is 1.13. The van der Waals surface area contributed by atoms with E-state index in [0.29, 0.717) is 17.9 Å². The molecule has 2 nitrogen and oxygen atoms in total. The molecular formula is C3HF3N2S. The molecule has 0 aromatic carbocycles. The Morgan fingerprint density at radius 3 is 2.33 bits per heavy atom. The second-order valence-corrected chi connectivity index (χ2v) is 1.85. The summed E-state index contributed by atoms with van der Waals surface area (Å²) in [5, 5.41) is 0. The van der Waals surface area contributed by atoms with Crippen molar-refractivity contribution in [2.24, 2.45) is 0 Å². The van der Waals surface area contributed by atoms with E-state index in [4.69, 9.17) is 0 Å². The van der Waals surface area contributed by atoms with Crippen molar-refractivity contribution in [1.29, 1.82) is 0 Å². The highest BCUT2D eigenvalue weighted by Gasteiger charge is 2.33. The van der Waals surface area contributed by atoms with Crippen LogP contribution in [0.4, 0.5) is 13.2 Å². The summed E-state index contributed by atoms with van der Waals surface area (Å²) in [7, 11) is 0. The first-order valence-electron chi connectivity index (χ1n) is 1.95. The highest BCUT2D eigenvalue weighted by Crippen LogP contribution is 2.26. The molecule has 0 spiro atoms. The van der Waals surface area contributed by atoms with Gasteiger partial charge in [-0.15, -0.1) is 0 Å². The van der Waals surface area contributed by atoms with E-state index < -0.39 is 11.9 Å². The lowest BCUT2D eigenvalue weighted by molar-refractivity contribution is -0.140. The van der Waals surface area contributed by atoms with Gasteiger partial charge in [0.15, 0.2) is 5.69 Å². The maximum absolute atomic E-state index is 11.5. The first-order valence-corrected chi connectivity index (χ1v) is 2.68. The summed E-state index contributed by atoms with van der Waals surface area (Å²) in [5.41, 5.74) is -0.924.